The highest BCUT2D eigenvalue weighted by Gasteiger charge is 2.25. The molecule has 94 valence electrons. The first-order valence-electron chi connectivity index (χ1n) is 6.35. The van der Waals surface area contributed by atoms with E-state index < -0.39 is 0 Å². The van der Waals surface area contributed by atoms with Crippen LogP contribution in [0.1, 0.15) is 30.7 Å². The van der Waals surface area contributed by atoms with Crippen LogP contribution in [0.2, 0.25) is 0 Å². The molecule has 1 aliphatic rings. The van der Waals surface area contributed by atoms with Gasteiger partial charge in [0.25, 0.3) is 0 Å². The van der Waals surface area contributed by atoms with Crippen LogP contribution >= 0.6 is 11.3 Å². The van der Waals surface area contributed by atoms with E-state index in [1.165, 1.54) is 9.71 Å². The van der Waals surface area contributed by atoms with Crippen LogP contribution in [-0.2, 0) is 4.79 Å². The van der Waals surface area contributed by atoms with Crippen molar-refractivity contribution < 1.29 is 4.79 Å². The number of fused-ring (bicyclic) bond motifs is 1. The molecule has 2 heterocycles. The number of carbonyl (C=O) groups excluding carboxylic acids is 1. The molecule has 0 aliphatic carbocycles. The van der Waals surface area contributed by atoms with Crippen molar-refractivity contribution in [3.05, 3.63) is 29.3 Å². The molecule has 3 nitrogen and oxygen atoms in total. The standard InChI is InChI=1S/C14H16N2OS/c1-10(17)16-8-4-5-11(9-16)14-15-12-6-2-3-7-13(12)18-14/h2-3,6-7,11H,4-5,8-9H2,1H3/t11-/m0/s1. The predicted octanol–water partition coefficient (Wildman–Crippen LogP) is 3.02. The summed E-state index contributed by atoms with van der Waals surface area (Å²) in [6.45, 7) is 3.38. The quantitative estimate of drug-likeness (QED) is 0.789. The van der Waals surface area contributed by atoms with E-state index >= 15 is 0 Å². The van der Waals surface area contributed by atoms with E-state index in [2.05, 4.69) is 12.1 Å². The maximum Gasteiger partial charge on any atom is 0.219 e. The van der Waals surface area contributed by atoms with Crippen molar-refractivity contribution >= 4 is 27.5 Å². The molecule has 0 spiro atoms. The highest BCUT2D eigenvalue weighted by atomic mass is 32.1. The fourth-order valence-electron chi connectivity index (χ4n) is 2.53. The zero-order valence-corrected chi connectivity index (χ0v) is 11.2. The first-order valence-corrected chi connectivity index (χ1v) is 7.16. The van der Waals surface area contributed by atoms with Crippen molar-refractivity contribution in [3.63, 3.8) is 0 Å². The van der Waals surface area contributed by atoms with Crippen molar-refractivity contribution in [2.24, 2.45) is 0 Å². The van der Waals surface area contributed by atoms with Crippen LogP contribution in [0.3, 0.4) is 0 Å². The molecule has 1 fully saturated rings. The molecule has 3 rings (SSSR count). The van der Waals surface area contributed by atoms with E-state index in [1.54, 1.807) is 18.3 Å². The Morgan fingerprint density at radius 2 is 2.28 bits per heavy atom. The number of thiazole rings is 1. The monoisotopic (exact) mass is 260 g/mol. The topological polar surface area (TPSA) is 33.2 Å². The average molecular weight is 260 g/mol. The zero-order valence-electron chi connectivity index (χ0n) is 10.4. The minimum Gasteiger partial charge on any atom is -0.342 e. The normalized spacial score (nSPS) is 20.3. The van der Waals surface area contributed by atoms with E-state index in [-0.39, 0.29) is 5.91 Å². The van der Waals surface area contributed by atoms with Gasteiger partial charge in [0.15, 0.2) is 0 Å². The van der Waals surface area contributed by atoms with Gasteiger partial charge in [0.1, 0.15) is 0 Å². The van der Waals surface area contributed by atoms with Gasteiger partial charge in [-0.05, 0) is 25.0 Å². The number of nitrogens with zero attached hydrogens (tertiary/aromatic N) is 2. The molecule has 18 heavy (non-hydrogen) atoms. The van der Waals surface area contributed by atoms with Crippen LogP contribution in [-0.4, -0.2) is 28.9 Å². The lowest BCUT2D eigenvalue weighted by molar-refractivity contribution is -0.130. The molecule has 4 heteroatoms. The molecule has 1 atom stereocenters. The Labute approximate surface area is 110 Å². The molecule has 0 saturated carbocycles. The van der Waals surface area contributed by atoms with Gasteiger partial charge in [-0.2, -0.15) is 0 Å². The van der Waals surface area contributed by atoms with Gasteiger partial charge in [-0.15, -0.1) is 11.3 Å². The minimum atomic E-state index is 0.181. The maximum absolute atomic E-state index is 11.5. The van der Waals surface area contributed by atoms with Gasteiger partial charge in [0.2, 0.25) is 5.91 Å². The molecule has 0 radical (unpaired) electrons. The lowest BCUT2D eigenvalue weighted by Gasteiger charge is -2.30. The lowest BCUT2D eigenvalue weighted by Crippen LogP contribution is -2.37. The minimum absolute atomic E-state index is 0.181. The highest BCUT2D eigenvalue weighted by Crippen LogP contribution is 2.32. The van der Waals surface area contributed by atoms with Gasteiger partial charge in [-0.25, -0.2) is 4.98 Å². The number of benzene rings is 1. The number of aromatic nitrogens is 1. The molecular weight excluding hydrogens is 244 g/mol. The summed E-state index contributed by atoms with van der Waals surface area (Å²) in [4.78, 5) is 18.1. The average Bonchev–Trinajstić information content (AvgIpc) is 2.82. The number of likely N-dealkylation sites (tertiary alicyclic amines) is 1. The third kappa shape index (κ3) is 2.12. The largest absolute Gasteiger partial charge is 0.342 e. The van der Waals surface area contributed by atoms with Crippen molar-refractivity contribution in [3.8, 4) is 0 Å². The second-order valence-electron chi connectivity index (χ2n) is 4.82. The zero-order chi connectivity index (χ0) is 12.5. The summed E-state index contributed by atoms with van der Waals surface area (Å²) < 4.78 is 1.24. The van der Waals surface area contributed by atoms with Gasteiger partial charge in [0.05, 0.1) is 15.2 Å². The Bertz CT molecular complexity index is 545. The smallest absolute Gasteiger partial charge is 0.219 e. The van der Waals surface area contributed by atoms with Crippen LogP contribution in [0.25, 0.3) is 10.2 Å². The first-order chi connectivity index (χ1) is 8.74. The van der Waals surface area contributed by atoms with Crippen LogP contribution in [0.4, 0.5) is 0 Å². The van der Waals surface area contributed by atoms with Gasteiger partial charge < -0.3 is 4.90 Å². The number of para-hydroxylation sites is 1. The van der Waals surface area contributed by atoms with Gasteiger partial charge >= 0.3 is 0 Å². The molecule has 1 amide bonds. The summed E-state index contributed by atoms with van der Waals surface area (Å²) in [5.74, 6) is 0.598. The highest BCUT2D eigenvalue weighted by molar-refractivity contribution is 7.18. The number of piperidine rings is 1. The summed E-state index contributed by atoms with van der Waals surface area (Å²) in [7, 11) is 0. The SMILES string of the molecule is CC(=O)N1CCC[C@H](c2nc3ccccc3s2)C1. The summed E-state index contributed by atoms with van der Waals surface area (Å²) >= 11 is 1.77. The fourth-order valence-corrected chi connectivity index (χ4v) is 3.62. The molecule has 1 aromatic heterocycles. The van der Waals surface area contributed by atoms with Gasteiger partial charge in [-0.1, -0.05) is 12.1 Å². The number of hydrogen-bond donors (Lipinski definition) is 0. The molecule has 0 unspecified atom stereocenters. The first kappa shape index (κ1) is 11.7. The Hall–Kier alpha value is -1.42. The van der Waals surface area contributed by atoms with Crippen molar-refractivity contribution in [1.29, 1.82) is 0 Å². The molecular formula is C14H16N2OS. The van der Waals surface area contributed by atoms with E-state index in [4.69, 9.17) is 4.98 Å². The van der Waals surface area contributed by atoms with E-state index in [9.17, 15) is 4.79 Å². The van der Waals surface area contributed by atoms with E-state index in [1.807, 2.05) is 17.0 Å². The maximum atomic E-state index is 11.5. The second-order valence-corrected chi connectivity index (χ2v) is 5.89. The van der Waals surface area contributed by atoms with E-state index in [0.29, 0.717) is 5.92 Å². The van der Waals surface area contributed by atoms with Crippen LogP contribution < -0.4 is 0 Å². The summed E-state index contributed by atoms with van der Waals surface area (Å²) in [6.07, 6.45) is 2.23. The Kier molecular flexibility index (Phi) is 3.04. The molecule has 1 aliphatic heterocycles. The number of rotatable bonds is 1. The second kappa shape index (κ2) is 4.69. The Morgan fingerprint density at radius 1 is 1.44 bits per heavy atom. The van der Waals surface area contributed by atoms with Gasteiger partial charge in [0, 0.05) is 25.9 Å². The molecule has 0 bridgehead atoms. The van der Waals surface area contributed by atoms with Gasteiger partial charge in [-0.3, -0.25) is 4.79 Å². The van der Waals surface area contributed by atoms with Crippen LogP contribution in [0, 0.1) is 0 Å². The van der Waals surface area contributed by atoms with Crippen molar-refractivity contribution in [1.82, 2.24) is 9.88 Å². The fraction of sp³-hybridized carbons (Fsp3) is 0.429. The Morgan fingerprint density at radius 3 is 3.06 bits per heavy atom. The third-order valence-electron chi connectivity index (χ3n) is 3.53. The predicted molar refractivity (Wildman–Crippen MR) is 73.8 cm³/mol. The molecule has 1 aromatic carbocycles. The molecule has 1 saturated heterocycles. The summed E-state index contributed by atoms with van der Waals surface area (Å²) in [6, 6.07) is 8.24. The third-order valence-corrected chi connectivity index (χ3v) is 4.73. The van der Waals surface area contributed by atoms with Crippen molar-refractivity contribution in [2.75, 3.05) is 13.1 Å². The number of amides is 1. The summed E-state index contributed by atoms with van der Waals surface area (Å²) in [5, 5.41) is 1.18. The van der Waals surface area contributed by atoms with E-state index in [0.717, 1.165) is 31.4 Å². The van der Waals surface area contributed by atoms with Crippen molar-refractivity contribution in [2.45, 2.75) is 25.7 Å². The number of carbonyl (C=O) groups is 1. The lowest BCUT2D eigenvalue weighted by atomic mass is 9.99. The molecule has 0 N–H and O–H groups in total. The molecule has 2 aromatic rings. The Balaban J connectivity index is 1.87. The van der Waals surface area contributed by atoms with Crippen LogP contribution in [0.15, 0.2) is 24.3 Å². The number of hydrogen-bond acceptors (Lipinski definition) is 3. The summed E-state index contributed by atoms with van der Waals surface area (Å²) in [5.41, 5.74) is 1.08. The van der Waals surface area contributed by atoms with Crippen LogP contribution in [0.5, 0.6) is 0 Å².